The van der Waals surface area contributed by atoms with E-state index in [-0.39, 0.29) is 11.9 Å². The summed E-state index contributed by atoms with van der Waals surface area (Å²) in [4.78, 5) is 21.9. The van der Waals surface area contributed by atoms with Crippen LogP contribution in [0.4, 0.5) is 5.82 Å². The number of amides is 1. The number of carbonyl (C=O) groups is 1. The fourth-order valence-corrected chi connectivity index (χ4v) is 2.01. The molecule has 1 aromatic heterocycles. The monoisotopic (exact) mass is 254 g/mol. The number of carbonyl (C=O) groups excluding carboxylic acids is 1. The van der Waals surface area contributed by atoms with Crippen molar-refractivity contribution in [2.24, 2.45) is 0 Å². The summed E-state index contributed by atoms with van der Waals surface area (Å²) >= 11 is 6.00. The molecule has 6 heteroatoms. The maximum absolute atomic E-state index is 11.7. The Morgan fingerprint density at radius 2 is 2.00 bits per heavy atom. The first-order chi connectivity index (χ1) is 7.99. The average molecular weight is 255 g/mol. The number of halogens is 1. The maximum atomic E-state index is 11.7. The second-order valence-corrected chi connectivity index (χ2v) is 4.64. The Balaban J connectivity index is 2.19. The summed E-state index contributed by atoms with van der Waals surface area (Å²) in [5.41, 5.74) is 1.62. The number of rotatable bonds is 2. The summed E-state index contributed by atoms with van der Waals surface area (Å²) < 4.78 is 0. The van der Waals surface area contributed by atoms with Crippen molar-refractivity contribution in [1.82, 2.24) is 14.9 Å². The van der Waals surface area contributed by atoms with Gasteiger partial charge < -0.3 is 10.2 Å². The number of nitrogens with one attached hydrogen (secondary N) is 1. The summed E-state index contributed by atoms with van der Waals surface area (Å²) in [6.45, 7) is 4.48. The van der Waals surface area contributed by atoms with Crippen LogP contribution in [0.2, 0.25) is 5.15 Å². The van der Waals surface area contributed by atoms with E-state index in [1.807, 2.05) is 13.8 Å². The van der Waals surface area contributed by atoms with Crippen LogP contribution in [0.15, 0.2) is 0 Å². The highest BCUT2D eigenvalue weighted by atomic mass is 35.5. The maximum Gasteiger partial charge on any atom is 0.244 e. The quantitative estimate of drug-likeness (QED) is 0.867. The predicted octanol–water partition coefficient (Wildman–Crippen LogP) is 1.39. The van der Waals surface area contributed by atoms with Crippen LogP contribution in [0.5, 0.6) is 0 Å². The number of likely N-dealkylation sites (tertiary alicyclic amines) is 1. The molecular weight excluding hydrogens is 240 g/mol. The van der Waals surface area contributed by atoms with Gasteiger partial charge in [0.05, 0.1) is 11.4 Å². The fourth-order valence-electron chi connectivity index (χ4n) is 1.79. The molecule has 1 N–H and O–H groups in total. The van der Waals surface area contributed by atoms with Gasteiger partial charge in [-0.1, -0.05) is 11.6 Å². The largest absolute Gasteiger partial charge is 0.356 e. The number of nitrogens with zero attached hydrogens (tertiary/aromatic N) is 3. The molecule has 0 saturated carbocycles. The number of aryl methyl sites for hydroxylation is 2. The van der Waals surface area contributed by atoms with E-state index in [4.69, 9.17) is 11.6 Å². The van der Waals surface area contributed by atoms with Gasteiger partial charge in [0.1, 0.15) is 6.04 Å². The summed E-state index contributed by atoms with van der Waals surface area (Å²) in [6.07, 6.45) is 0.764. The van der Waals surface area contributed by atoms with Crippen molar-refractivity contribution in [3.05, 3.63) is 16.5 Å². The predicted molar refractivity (Wildman–Crippen MR) is 66.2 cm³/mol. The van der Waals surface area contributed by atoms with Gasteiger partial charge in [0.2, 0.25) is 5.91 Å². The van der Waals surface area contributed by atoms with Crippen LogP contribution in [0.3, 0.4) is 0 Å². The third kappa shape index (κ3) is 2.34. The highest BCUT2D eigenvalue weighted by molar-refractivity contribution is 6.31. The summed E-state index contributed by atoms with van der Waals surface area (Å²) in [5.74, 6) is 0.560. The zero-order chi connectivity index (χ0) is 12.6. The molecule has 1 atom stereocenters. The molecule has 1 saturated heterocycles. The lowest BCUT2D eigenvalue weighted by molar-refractivity contribution is -0.127. The van der Waals surface area contributed by atoms with E-state index in [9.17, 15) is 4.79 Å². The van der Waals surface area contributed by atoms with Gasteiger partial charge in [-0.25, -0.2) is 9.97 Å². The van der Waals surface area contributed by atoms with Crippen molar-refractivity contribution in [3.63, 3.8) is 0 Å². The van der Waals surface area contributed by atoms with Crippen molar-refractivity contribution in [3.8, 4) is 0 Å². The zero-order valence-electron chi connectivity index (χ0n) is 10.1. The third-order valence-corrected chi connectivity index (χ3v) is 3.27. The van der Waals surface area contributed by atoms with E-state index in [0.717, 1.165) is 24.4 Å². The number of hydrogen-bond donors (Lipinski definition) is 1. The Bertz CT molecular complexity index is 463. The molecule has 5 nitrogen and oxygen atoms in total. The zero-order valence-corrected chi connectivity index (χ0v) is 10.9. The minimum atomic E-state index is -0.242. The minimum absolute atomic E-state index is 0.0705. The lowest BCUT2D eigenvalue weighted by Gasteiger charge is -2.14. The normalized spacial score (nSPS) is 19.9. The van der Waals surface area contributed by atoms with Crippen LogP contribution in [-0.4, -0.2) is 40.4 Å². The summed E-state index contributed by atoms with van der Waals surface area (Å²) in [5, 5.41) is 3.38. The molecule has 2 heterocycles. The molecule has 1 amide bonds. The highest BCUT2D eigenvalue weighted by Crippen LogP contribution is 2.21. The lowest BCUT2D eigenvalue weighted by atomic mass is 10.2. The average Bonchev–Trinajstić information content (AvgIpc) is 2.58. The number of anilines is 1. The fraction of sp³-hybridized carbons (Fsp3) is 0.545. The number of hydrogen-bond acceptors (Lipinski definition) is 4. The molecule has 1 unspecified atom stereocenters. The van der Waals surface area contributed by atoms with Crippen LogP contribution in [0.1, 0.15) is 17.8 Å². The Hall–Kier alpha value is -1.36. The lowest BCUT2D eigenvalue weighted by Crippen LogP contribution is -2.31. The van der Waals surface area contributed by atoms with Gasteiger partial charge in [0.15, 0.2) is 11.0 Å². The summed E-state index contributed by atoms with van der Waals surface area (Å²) in [6, 6.07) is -0.242. The number of aromatic nitrogens is 2. The van der Waals surface area contributed by atoms with Crippen molar-refractivity contribution in [2.75, 3.05) is 18.9 Å². The molecule has 0 aromatic carbocycles. The Labute approximate surface area is 105 Å². The Morgan fingerprint density at radius 1 is 1.35 bits per heavy atom. The van der Waals surface area contributed by atoms with Gasteiger partial charge in [0.25, 0.3) is 0 Å². The van der Waals surface area contributed by atoms with E-state index in [1.165, 1.54) is 0 Å². The van der Waals surface area contributed by atoms with E-state index in [2.05, 4.69) is 15.3 Å². The van der Waals surface area contributed by atoms with E-state index in [1.54, 1.807) is 11.9 Å². The first-order valence-corrected chi connectivity index (χ1v) is 5.89. The van der Waals surface area contributed by atoms with Crippen LogP contribution in [0.25, 0.3) is 0 Å². The van der Waals surface area contributed by atoms with E-state index in [0.29, 0.717) is 11.0 Å². The molecule has 1 aliphatic rings. The molecule has 0 radical (unpaired) electrons. The second kappa shape index (κ2) is 4.49. The number of likely N-dealkylation sites (N-methyl/N-ethyl adjacent to an activating group) is 1. The van der Waals surface area contributed by atoms with Crippen LogP contribution >= 0.6 is 11.6 Å². The SMILES string of the molecule is Cc1nc(Cl)c(NC2CCN(C)C2=O)nc1C. The van der Waals surface area contributed by atoms with Gasteiger partial charge >= 0.3 is 0 Å². The van der Waals surface area contributed by atoms with Crippen molar-refractivity contribution >= 4 is 23.3 Å². The molecule has 1 aromatic rings. The van der Waals surface area contributed by atoms with Gasteiger partial charge in [-0.2, -0.15) is 0 Å². The molecular formula is C11H15ClN4O. The van der Waals surface area contributed by atoms with Gasteiger partial charge in [-0.3, -0.25) is 4.79 Å². The van der Waals surface area contributed by atoms with E-state index >= 15 is 0 Å². The van der Waals surface area contributed by atoms with E-state index < -0.39 is 0 Å². The molecule has 0 aliphatic carbocycles. The molecule has 0 bridgehead atoms. The molecule has 1 aliphatic heterocycles. The molecule has 1 fully saturated rings. The Kier molecular flexibility index (Phi) is 3.19. The standard InChI is InChI=1S/C11H15ClN4O/c1-6-7(2)14-10(9(12)13-6)15-8-4-5-16(3)11(8)17/h8H,4-5H2,1-3H3,(H,14,15). The Morgan fingerprint density at radius 3 is 2.59 bits per heavy atom. The first-order valence-electron chi connectivity index (χ1n) is 5.51. The van der Waals surface area contributed by atoms with Crippen molar-refractivity contribution in [1.29, 1.82) is 0 Å². The molecule has 0 spiro atoms. The topological polar surface area (TPSA) is 58.1 Å². The van der Waals surface area contributed by atoms with Crippen LogP contribution in [0, 0.1) is 13.8 Å². The van der Waals surface area contributed by atoms with Gasteiger partial charge in [-0.15, -0.1) is 0 Å². The first kappa shape index (κ1) is 12.1. The van der Waals surface area contributed by atoms with Crippen molar-refractivity contribution < 1.29 is 4.79 Å². The minimum Gasteiger partial charge on any atom is -0.356 e. The molecule has 2 rings (SSSR count). The molecule has 92 valence electrons. The van der Waals surface area contributed by atoms with Crippen molar-refractivity contribution in [2.45, 2.75) is 26.3 Å². The smallest absolute Gasteiger partial charge is 0.244 e. The van der Waals surface area contributed by atoms with Gasteiger partial charge in [-0.05, 0) is 20.3 Å². The highest BCUT2D eigenvalue weighted by Gasteiger charge is 2.29. The van der Waals surface area contributed by atoms with Crippen LogP contribution < -0.4 is 5.32 Å². The molecule has 17 heavy (non-hydrogen) atoms. The van der Waals surface area contributed by atoms with Gasteiger partial charge in [0, 0.05) is 13.6 Å². The second-order valence-electron chi connectivity index (χ2n) is 4.28. The third-order valence-electron chi connectivity index (χ3n) is 3.00. The summed E-state index contributed by atoms with van der Waals surface area (Å²) in [7, 11) is 1.79. The van der Waals surface area contributed by atoms with Crippen LogP contribution in [-0.2, 0) is 4.79 Å².